The van der Waals surface area contributed by atoms with Crippen molar-refractivity contribution in [2.75, 3.05) is 0 Å². The molecule has 0 aromatic carbocycles. The van der Waals surface area contributed by atoms with Gasteiger partial charge in [0.1, 0.15) is 5.56 Å². The number of aryl methyl sites for hydroxylation is 1. The molecule has 7 heteroatoms. The van der Waals surface area contributed by atoms with Crippen molar-refractivity contribution in [3.8, 4) is 5.82 Å². The molecule has 2 N–H and O–H groups in total. The second-order valence-corrected chi connectivity index (χ2v) is 8.15. The van der Waals surface area contributed by atoms with Gasteiger partial charge in [0.05, 0.1) is 11.8 Å². The van der Waals surface area contributed by atoms with Gasteiger partial charge in [-0.1, -0.05) is 0 Å². The van der Waals surface area contributed by atoms with Crippen molar-refractivity contribution in [2.24, 2.45) is 24.8 Å². The molecule has 7 nitrogen and oxygen atoms in total. The van der Waals surface area contributed by atoms with Gasteiger partial charge in [0.15, 0.2) is 5.82 Å². The largest absolute Gasteiger partial charge is 0.390 e. The highest BCUT2D eigenvalue weighted by Crippen LogP contribution is 2.55. The summed E-state index contributed by atoms with van der Waals surface area (Å²) in [7, 11) is 1.81. The zero-order chi connectivity index (χ0) is 17.2. The molecule has 2 aromatic heterocycles. The lowest BCUT2D eigenvalue weighted by Gasteiger charge is -2.58. The van der Waals surface area contributed by atoms with Crippen molar-refractivity contribution in [3.05, 3.63) is 30.2 Å². The van der Waals surface area contributed by atoms with E-state index >= 15 is 0 Å². The first-order valence-electron chi connectivity index (χ1n) is 9.08. The summed E-state index contributed by atoms with van der Waals surface area (Å²) >= 11 is 0. The van der Waals surface area contributed by atoms with Gasteiger partial charge >= 0.3 is 0 Å². The lowest BCUT2D eigenvalue weighted by atomic mass is 9.52. The van der Waals surface area contributed by atoms with Gasteiger partial charge in [-0.25, -0.2) is 4.68 Å². The van der Waals surface area contributed by atoms with E-state index in [1.807, 2.05) is 19.3 Å². The number of aliphatic hydroxyl groups is 1. The summed E-state index contributed by atoms with van der Waals surface area (Å²) in [5.41, 5.74) is 0.0606. The van der Waals surface area contributed by atoms with Crippen molar-refractivity contribution in [2.45, 2.75) is 43.7 Å². The maximum Gasteiger partial charge on any atom is 0.256 e. The molecule has 4 aliphatic rings. The number of rotatable bonds is 3. The number of hydrogen-bond donors (Lipinski definition) is 2. The Morgan fingerprint density at radius 3 is 2.68 bits per heavy atom. The van der Waals surface area contributed by atoms with E-state index in [2.05, 4.69) is 15.5 Å². The molecule has 25 heavy (non-hydrogen) atoms. The number of hydrogen-bond acceptors (Lipinski definition) is 4. The average molecular weight is 341 g/mol. The van der Waals surface area contributed by atoms with Crippen LogP contribution in [0.2, 0.25) is 0 Å². The third-order valence-corrected chi connectivity index (χ3v) is 6.41. The lowest BCUT2D eigenvalue weighted by Crippen LogP contribution is -2.61. The number of amides is 1. The Labute approximate surface area is 146 Å². The predicted molar refractivity (Wildman–Crippen MR) is 90.1 cm³/mol. The lowest BCUT2D eigenvalue weighted by molar-refractivity contribution is -0.136. The molecule has 4 fully saturated rings. The minimum Gasteiger partial charge on any atom is -0.390 e. The molecule has 0 saturated heterocycles. The summed E-state index contributed by atoms with van der Waals surface area (Å²) in [5, 5.41) is 22.5. The maximum absolute atomic E-state index is 13.0. The zero-order valence-corrected chi connectivity index (χ0v) is 14.3. The molecular formula is C18H23N5O2. The first kappa shape index (κ1) is 15.1. The van der Waals surface area contributed by atoms with E-state index in [0.717, 1.165) is 32.1 Å². The van der Waals surface area contributed by atoms with Crippen molar-refractivity contribution in [1.29, 1.82) is 0 Å². The van der Waals surface area contributed by atoms with Crippen LogP contribution in [0.1, 0.15) is 42.5 Å². The summed E-state index contributed by atoms with van der Waals surface area (Å²) in [6.45, 7) is 0. The van der Waals surface area contributed by atoms with E-state index < -0.39 is 5.60 Å². The quantitative estimate of drug-likeness (QED) is 0.881. The fraction of sp³-hybridized carbons (Fsp3) is 0.611. The maximum atomic E-state index is 13.0. The minimum absolute atomic E-state index is 0.0944. The van der Waals surface area contributed by atoms with Gasteiger partial charge in [-0.15, -0.1) is 0 Å². The van der Waals surface area contributed by atoms with Gasteiger partial charge < -0.3 is 10.4 Å². The van der Waals surface area contributed by atoms with Crippen LogP contribution in [0.5, 0.6) is 0 Å². The Hall–Kier alpha value is -2.15. The molecule has 4 saturated carbocycles. The fourth-order valence-corrected chi connectivity index (χ4v) is 5.70. The van der Waals surface area contributed by atoms with Crippen LogP contribution in [-0.2, 0) is 7.05 Å². The normalized spacial score (nSPS) is 35.9. The molecule has 1 amide bonds. The summed E-state index contributed by atoms with van der Waals surface area (Å²) in [6.07, 6.45) is 9.96. The topological polar surface area (TPSA) is 85.0 Å². The van der Waals surface area contributed by atoms with Gasteiger partial charge in [-0.3, -0.25) is 9.48 Å². The molecule has 2 aromatic rings. The van der Waals surface area contributed by atoms with Gasteiger partial charge in [-0.05, 0) is 55.9 Å². The third-order valence-electron chi connectivity index (χ3n) is 6.41. The number of nitrogens with one attached hydrogen (secondary N) is 1. The molecule has 4 bridgehead atoms. The highest BCUT2D eigenvalue weighted by atomic mass is 16.3. The van der Waals surface area contributed by atoms with E-state index in [4.69, 9.17) is 0 Å². The van der Waals surface area contributed by atoms with Crippen LogP contribution in [0.4, 0.5) is 0 Å². The third kappa shape index (κ3) is 2.33. The molecule has 6 rings (SSSR count). The molecular weight excluding hydrogens is 318 g/mol. The first-order chi connectivity index (χ1) is 12.0. The van der Waals surface area contributed by atoms with Crippen LogP contribution < -0.4 is 5.32 Å². The summed E-state index contributed by atoms with van der Waals surface area (Å²) in [6, 6.07) is 1.99. The minimum atomic E-state index is -0.480. The molecule has 4 aliphatic carbocycles. The Balaban J connectivity index is 1.40. The number of carbonyl (C=O) groups excluding carboxylic acids is 1. The van der Waals surface area contributed by atoms with E-state index in [1.54, 1.807) is 21.8 Å². The van der Waals surface area contributed by atoms with Gasteiger partial charge in [0.2, 0.25) is 0 Å². The molecule has 0 aliphatic heterocycles. The van der Waals surface area contributed by atoms with Crippen LogP contribution in [-0.4, -0.2) is 42.2 Å². The second-order valence-electron chi connectivity index (χ2n) is 8.15. The average Bonchev–Trinajstić information content (AvgIpc) is 3.18. The Bertz CT molecular complexity index is 796. The molecule has 132 valence electrons. The van der Waals surface area contributed by atoms with E-state index in [-0.39, 0.29) is 11.9 Å². The zero-order valence-electron chi connectivity index (χ0n) is 14.3. The van der Waals surface area contributed by atoms with Crippen LogP contribution in [0.15, 0.2) is 24.7 Å². The van der Waals surface area contributed by atoms with Crippen LogP contribution in [0, 0.1) is 17.8 Å². The van der Waals surface area contributed by atoms with Crippen LogP contribution in [0.25, 0.3) is 5.82 Å². The van der Waals surface area contributed by atoms with E-state index in [0.29, 0.717) is 29.1 Å². The van der Waals surface area contributed by atoms with E-state index in [1.165, 1.54) is 0 Å². The van der Waals surface area contributed by atoms with Crippen molar-refractivity contribution < 1.29 is 9.90 Å². The first-order valence-corrected chi connectivity index (χ1v) is 9.08. The standard InChI is InChI=1S/C18H23N5O2/c1-22-17(23-4-2-3-19-23)14(10-20-22)16(24)21-15-12-5-11-6-13(15)9-18(25,7-11)8-12/h2-4,10-13,15,25H,5-9H2,1H3,(H,21,24). The Morgan fingerprint density at radius 2 is 2.04 bits per heavy atom. The Morgan fingerprint density at radius 1 is 1.28 bits per heavy atom. The van der Waals surface area contributed by atoms with Crippen molar-refractivity contribution in [3.63, 3.8) is 0 Å². The summed E-state index contributed by atoms with van der Waals surface area (Å²) in [5.74, 6) is 2.00. The smallest absolute Gasteiger partial charge is 0.256 e. The molecule has 0 radical (unpaired) electrons. The molecule has 2 atom stereocenters. The van der Waals surface area contributed by atoms with E-state index in [9.17, 15) is 9.90 Å². The highest BCUT2D eigenvalue weighted by molar-refractivity contribution is 5.97. The number of aromatic nitrogens is 4. The number of carbonyl (C=O) groups is 1. The van der Waals surface area contributed by atoms with Gasteiger partial charge in [0, 0.05) is 25.5 Å². The molecule has 0 spiro atoms. The molecule has 2 heterocycles. The fourth-order valence-electron chi connectivity index (χ4n) is 5.70. The van der Waals surface area contributed by atoms with Gasteiger partial charge in [-0.2, -0.15) is 10.2 Å². The van der Waals surface area contributed by atoms with Crippen LogP contribution >= 0.6 is 0 Å². The summed E-state index contributed by atoms with van der Waals surface area (Å²) < 4.78 is 3.34. The van der Waals surface area contributed by atoms with Crippen molar-refractivity contribution >= 4 is 5.91 Å². The number of nitrogens with zero attached hydrogens (tertiary/aromatic N) is 4. The van der Waals surface area contributed by atoms with Crippen molar-refractivity contribution in [1.82, 2.24) is 24.9 Å². The summed E-state index contributed by atoms with van der Waals surface area (Å²) in [4.78, 5) is 13.0. The molecule has 2 unspecified atom stereocenters. The second kappa shape index (κ2) is 5.17. The van der Waals surface area contributed by atoms with Gasteiger partial charge in [0.25, 0.3) is 5.91 Å². The SMILES string of the molecule is Cn1ncc(C(=O)NC2C3CC4CC2CC(O)(C4)C3)c1-n1cccn1. The predicted octanol–water partition coefficient (Wildman–Crippen LogP) is 1.28. The highest BCUT2D eigenvalue weighted by Gasteiger charge is 2.55. The Kier molecular flexibility index (Phi) is 3.13. The monoisotopic (exact) mass is 341 g/mol. The van der Waals surface area contributed by atoms with Crippen LogP contribution in [0.3, 0.4) is 0 Å².